The van der Waals surface area contributed by atoms with E-state index in [9.17, 15) is 0 Å². The number of hydrogen-bond donors (Lipinski definition) is 0. The van der Waals surface area contributed by atoms with Crippen molar-refractivity contribution in [1.82, 2.24) is 0 Å². The summed E-state index contributed by atoms with van der Waals surface area (Å²) in [6.07, 6.45) is 1.23. The molecule has 0 N–H and O–H groups in total. The third-order valence-electron chi connectivity index (χ3n) is 1.98. The standard InChI is InChI=1S/C10H14.4CH4/c1-3-9(2)10-7-5-4-6-8-10;;;;/h4-9H,3H2,1-2H3;4*1H4. The van der Waals surface area contributed by atoms with E-state index >= 15 is 0 Å². The van der Waals surface area contributed by atoms with Gasteiger partial charge in [-0.05, 0) is 17.9 Å². The Morgan fingerprint density at radius 2 is 1.36 bits per heavy atom. The Morgan fingerprint density at radius 3 is 1.71 bits per heavy atom. The molecule has 1 atom stereocenters. The minimum absolute atomic E-state index is 0. The van der Waals surface area contributed by atoms with Gasteiger partial charge in [0.15, 0.2) is 0 Å². The van der Waals surface area contributed by atoms with Gasteiger partial charge in [0.1, 0.15) is 0 Å². The fourth-order valence-corrected chi connectivity index (χ4v) is 1.02. The van der Waals surface area contributed by atoms with E-state index in [1.165, 1.54) is 12.0 Å². The lowest BCUT2D eigenvalue weighted by Gasteiger charge is -2.06. The summed E-state index contributed by atoms with van der Waals surface area (Å²) in [7, 11) is 0. The summed E-state index contributed by atoms with van der Waals surface area (Å²) in [5.41, 5.74) is 1.45. The smallest absolute Gasteiger partial charge is 0.0193 e. The molecule has 0 aromatic heterocycles. The van der Waals surface area contributed by atoms with Crippen LogP contribution in [0.3, 0.4) is 0 Å². The maximum Gasteiger partial charge on any atom is -0.0193 e. The molecular formula is C14H30. The topological polar surface area (TPSA) is 0 Å². The van der Waals surface area contributed by atoms with E-state index in [4.69, 9.17) is 0 Å². The zero-order chi connectivity index (χ0) is 7.40. The summed E-state index contributed by atoms with van der Waals surface area (Å²) in [5, 5.41) is 0. The molecule has 0 aliphatic carbocycles. The molecule has 0 fully saturated rings. The molecule has 1 rings (SSSR count). The van der Waals surface area contributed by atoms with Gasteiger partial charge in [-0.25, -0.2) is 0 Å². The molecule has 14 heavy (non-hydrogen) atoms. The zero-order valence-corrected chi connectivity index (χ0v) is 6.67. The van der Waals surface area contributed by atoms with E-state index in [1.807, 2.05) is 0 Å². The Hall–Kier alpha value is -0.780. The molecule has 86 valence electrons. The minimum atomic E-state index is 0. The Morgan fingerprint density at radius 1 is 0.929 bits per heavy atom. The van der Waals surface area contributed by atoms with Crippen LogP contribution in [-0.2, 0) is 0 Å². The molecule has 1 aromatic rings. The Balaban J connectivity index is -0.000000125. The molecule has 0 radical (unpaired) electrons. The predicted molar refractivity (Wildman–Crippen MR) is 72.1 cm³/mol. The molecule has 0 saturated carbocycles. The molecule has 0 heteroatoms. The summed E-state index contributed by atoms with van der Waals surface area (Å²) in [4.78, 5) is 0. The largest absolute Gasteiger partial charge is 0.0776 e. The first kappa shape index (κ1) is 23.2. The van der Waals surface area contributed by atoms with Crippen molar-refractivity contribution in [2.75, 3.05) is 0 Å². The van der Waals surface area contributed by atoms with Gasteiger partial charge in [-0.3, -0.25) is 0 Å². The van der Waals surface area contributed by atoms with Crippen molar-refractivity contribution >= 4 is 0 Å². The SMILES string of the molecule is C.C.C.C.CCC(C)c1ccccc1. The van der Waals surface area contributed by atoms with E-state index < -0.39 is 0 Å². The fraction of sp³-hybridized carbons (Fsp3) is 0.571. The first-order valence-corrected chi connectivity index (χ1v) is 3.89. The summed E-state index contributed by atoms with van der Waals surface area (Å²) in [6.45, 7) is 4.48. The Labute approximate surface area is 92.4 Å². The fourth-order valence-electron chi connectivity index (χ4n) is 1.02. The van der Waals surface area contributed by atoms with Crippen molar-refractivity contribution in [3.05, 3.63) is 35.9 Å². The highest BCUT2D eigenvalue weighted by Crippen LogP contribution is 2.16. The molecule has 1 aromatic carbocycles. The molecule has 0 bridgehead atoms. The second kappa shape index (κ2) is 12.2. The molecule has 0 aliphatic heterocycles. The van der Waals surface area contributed by atoms with Crippen molar-refractivity contribution in [1.29, 1.82) is 0 Å². The molecule has 0 heterocycles. The van der Waals surface area contributed by atoms with E-state index in [0.717, 1.165) is 0 Å². The second-order valence-corrected chi connectivity index (χ2v) is 2.72. The molecule has 0 saturated heterocycles. The quantitative estimate of drug-likeness (QED) is 0.568. The van der Waals surface area contributed by atoms with Gasteiger partial charge in [-0.2, -0.15) is 0 Å². The van der Waals surface area contributed by atoms with Crippen molar-refractivity contribution in [2.24, 2.45) is 0 Å². The van der Waals surface area contributed by atoms with E-state index in [2.05, 4.69) is 44.2 Å². The van der Waals surface area contributed by atoms with Gasteiger partial charge in [0.2, 0.25) is 0 Å². The third-order valence-corrected chi connectivity index (χ3v) is 1.98. The lowest BCUT2D eigenvalue weighted by molar-refractivity contribution is 0.733. The lowest BCUT2D eigenvalue weighted by Crippen LogP contribution is -1.88. The average Bonchev–Trinajstić information content (AvgIpc) is 2.05. The number of hydrogen-bond acceptors (Lipinski definition) is 0. The monoisotopic (exact) mass is 198 g/mol. The van der Waals surface area contributed by atoms with E-state index in [1.54, 1.807) is 0 Å². The molecular weight excluding hydrogens is 168 g/mol. The van der Waals surface area contributed by atoms with Crippen LogP contribution < -0.4 is 0 Å². The van der Waals surface area contributed by atoms with Crippen LogP contribution in [0.5, 0.6) is 0 Å². The van der Waals surface area contributed by atoms with Crippen LogP contribution in [0.25, 0.3) is 0 Å². The van der Waals surface area contributed by atoms with Crippen molar-refractivity contribution in [2.45, 2.75) is 55.9 Å². The highest BCUT2D eigenvalue weighted by Gasteiger charge is 1.98. The van der Waals surface area contributed by atoms with Crippen LogP contribution in [0.4, 0.5) is 0 Å². The van der Waals surface area contributed by atoms with Crippen molar-refractivity contribution in [3.63, 3.8) is 0 Å². The highest BCUT2D eigenvalue weighted by molar-refractivity contribution is 5.18. The zero-order valence-electron chi connectivity index (χ0n) is 6.67. The number of rotatable bonds is 2. The highest BCUT2D eigenvalue weighted by atomic mass is 14.0. The van der Waals surface area contributed by atoms with E-state index in [-0.39, 0.29) is 29.7 Å². The summed E-state index contributed by atoms with van der Waals surface area (Å²) in [5.74, 6) is 0.709. The van der Waals surface area contributed by atoms with Gasteiger partial charge in [0.05, 0.1) is 0 Å². The summed E-state index contributed by atoms with van der Waals surface area (Å²) >= 11 is 0. The minimum Gasteiger partial charge on any atom is -0.0776 e. The maximum atomic E-state index is 2.26. The van der Waals surface area contributed by atoms with Crippen LogP contribution in [0, 0.1) is 0 Å². The van der Waals surface area contributed by atoms with Gasteiger partial charge in [-0.15, -0.1) is 0 Å². The normalized spacial score (nSPS) is 9.29. The van der Waals surface area contributed by atoms with Crippen LogP contribution in [-0.4, -0.2) is 0 Å². The Bertz CT molecular complexity index is 176. The third kappa shape index (κ3) is 6.71. The number of benzene rings is 1. The first-order valence-electron chi connectivity index (χ1n) is 3.89. The van der Waals surface area contributed by atoms with Gasteiger partial charge < -0.3 is 0 Å². The molecule has 0 aliphatic rings. The van der Waals surface area contributed by atoms with Crippen LogP contribution >= 0.6 is 0 Å². The Kier molecular flexibility index (Phi) is 20.3. The van der Waals surface area contributed by atoms with Gasteiger partial charge in [0, 0.05) is 0 Å². The van der Waals surface area contributed by atoms with Crippen molar-refractivity contribution in [3.8, 4) is 0 Å². The van der Waals surface area contributed by atoms with Crippen LogP contribution in [0.1, 0.15) is 61.5 Å². The lowest BCUT2D eigenvalue weighted by atomic mass is 9.99. The van der Waals surface area contributed by atoms with Gasteiger partial charge in [0.25, 0.3) is 0 Å². The van der Waals surface area contributed by atoms with Crippen molar-refractivity contribution < 1.29 is 0 Å². The molecule has 0 spiro atoms. The van der Waals surface area contributed by atoms with Crippen LogP contribution in [0.2, 0.25) is 0 Å². The predicted octanol–water partition coefficient (Wildman–Crippen LogP) is 5.74. The summed E-state index contributed by atoms with van der Waals surface area (Å²) in [6, 6.07) is 10.6. The first-order chi connectivity index (χ1) is 4.84. The average molecular weight is 198 g/mol. The second-order valence-electron chi connectivity index (χ2n) is 2.72. The molecule has 0 nitrogen and oxygen atoms in total. The van der Waals surface area contributed by atoms with Crippen LogP contribution in [0.15, 0.2) is 30.3 Å². The van der Waals surface area contributed by atoms with Gasteiger partial charge >= 0.3 is 0 Å². The van der Waals surface area contributed by atoms with Gasteiger partial charge in [-0.1, -0.05) is 73.9 Å². The summed E-state index contributed by atoms with van der Waals surface area (Å²) < 4.78 is 0. The molecule has 1 unspecified atom stereocenters. The molecule has 0 amide bonds. The van der Waals surface area contributed by atoms with E-state index in [0.29, 0.717) is 5.92 Å². The maximum absolute atomic E-state index is 2.26.